The lowest BCUT2D eigenvalue weighted by Gasteiger charge is -2.39. The summed E-state index contributed by atoms with van der Waals surface area (Å²) < 4.78 is 45.3. The Kier molecular flexibility index (Phi) is 5.16. The largest absolute Gasteiger partial charge is 0.444 e. The zero-order valence-corrected chi connectivity index (χ0v) is 15.2. The van der Waals surface area contributed by atoms with Crippen LogP contribution in [0.2, 0.25) is 0 Å². The maximum Gasteiger partial charge on any atom is 0.410 e. The normalized spacial score (nSPS) is 23.9. The van der Waals surface area contributed by atoms with E-state index in [0.717, 1.165) is 0 Å². The van der Waals surface area contributed by atoms with E-state index in [2.05, 4.69) is 4.98 Å². The van der Waals surface area contributed by atoms with Gasteiger partial charge in [0.15, 0.2) is 0 Å². The van der Waals surface area contributed by atoms with Crippen molar-refractivity contribution in [3.63, 3.8) is 0 Å². The minimum absolute atomic E-state index is 0.0365. The molecule has 3 rings (SSSR count). The fraction of sp³-hybridized carbons (Fsp3) is 0.667. The molecule has 1 aromatic rings. The van der Waals surface area contributed by atoms with Gasteiger partial charge in [0.1, 0.15) is 5.60 Å². The number of carbonyl (C=O) groups is 1. The van der Waals surface area contributed by atoms with E-state index in [0.29, 0.717) is 24.5 Å². The van der Waals surface area contributed by atoms with E-state index in [-0.39, 0.29) is 13.1 Å². The standard InChI is InChI=1S/C18H24F2N2O4/c1-17(2,3)26-16(23)22-7-5-18(19,20)13(11-22)12-4-6-21-14(10-12)15-24-8-9-25-15/h4,6,10,13,15H,5,7-9,11H2,1-3H3. The van der Waals surface area contributed by atoms with Crippen molar-refractivity contribution in [3.05, 3.63) is 29.6 Å². The molecule has 2 saturated heterocycles. The number of alkyl halides is 2. The average Bonchev–Trinajstić information content (AvgIpc) is 3.07. The summed E-state index contributed by atoms with van der Waals surface area (Å²) in [6.07, 6.45) is -0.146. The van der Waals surface area contributed by atoms with Gasteiger partial charge in [-0.3, -0.25) is 4.98 Å². The molecule has 0 saturated carbocycles. The summed E-state index contributed by atoms with van der Waals surface area (Å²) in [7, 11) is 0. The molecule has 2 aliphatic rings. The molecule has 144 valence electrons. The minimum Gasteiger partial charge on any atom is -0.444 e. The SMILES string of the molecule is CC(C)(C)OC(=O)N1CCC(F)(F)C(c2ccnc(C3OCCO3)c2)C1. The van der Waals surface area contributed by atoms with Crippen LogP contribution in [0.25, 0.3) is 0 Å². The monoisotopic (exact) mass is 370 g/mol. The number of ether oxygens (including phenoxy) is 3. The minimum atomic E-state index is -2.92. The average molecular weight is 370 g/mol. The molecule has 1 atom stereocenters. The van der Waals surface area contributed by atoms with Gasteiger partial charge in [0.25, 0.3) is 5.92 Å². The van der Waals surface area contributed by atoms with Crippen molar-refractivity contribution in [1.82, 2.24) is 9.88 Å². The molecule has 0 bridgehead atoms. The number of likely N-dealkylation sites (tertiary alicyclic amines) is 1. The Bertz CT molecular complexity index is 657. The highest BCUT2D eigenvalue weighted by atomic mass is 19.3. The van der Waals surface area contributed by atoms with Crippen LogP contribution >= 0.6 is 0 Å². The Morgan fingerprint density at radius 2 is 2.04 bits per heavy atom. The Morgan fingerprint density at radius 1 is 1.35 bits per heavy atom. The smallest absolute Gasteiger partial charge is 0.410 e. The molecule has 2 aliphatic heterocycles. The second-order valence-electron chi connectivity index (χ2n) is 7.58. The number of rotatable bonds is 2. The number of aromatic nitrogens is 1. The lowest BCUT2D eigenvalue weighted by atomic mass is 9.87. The number of nitrogens with zero attached hydrogens (tertiary/aromatic N) is 2. The van der Waals surface area contributed by atoms with Gasteiger partial charge < -0.3 is 19.1 Å². The van der Waals surface area contributed by atoms with Gasteiger partial charge in [-0.05, 0) is 38.5 Å². The first-order chi connectivity index (χ1) is 12.2. The summed E-state index contributed by atoms with van der Waals surface area (Å²) in [5.74, 6) is -4.05. The van der Waals surface area contributed by atoms with Crippen LogP contribution in [0.1, 0.15) is 50.7 Å². The molecule has 0 spiro atoms. The van der Waals surface area contributed by atoms with E-state index in [1.807, 2.05) is 0 Å². The van der Waals surface area contributed by atoms with E-state index in [1.54, 1.807) is 32.9 Å². The summed E-state index contributed by atoms with van der Waals surface area (Å²) in [6.45, 7) is 5.99. The van der Waals surface area contributed by atoms with Gasteiger partial charge in [-0.1, -0.05) is 0 Å². The van der Waals surface area contributed by atoms with Crippen LogP contribution in [0.4, 0.5) is 13.6 Å². The molecular formula is C18H24F2N2O4. The molecular weight excluding hydrogens is 346 g/mol. The van der Waals surface area contributed by atoms with Crippen LogP contribution in [0.5, 0.6) is 0 Å². The van der Waals surface area contributed by atoms with Gasteiger partial charge in [-0.2, -0.15) is 0 Å². The highest BCUT2D eigenvalue weighted by Gasteiger charge is 2.46. The summed E-state index contributed by atoms with van der Waals surface area (Å²) in [5, 5.41) is 0. The van der Waals surface area contributed by atoms with Crippen molar-refractivity contribution in [1.29, 1.82) is 0 Å². The van der Waals surface area contributed by atoms with Crippen LogP contribution in [-0.2, 0) is 14.2 Å². The topological polar surface area (TPSA) is 60.9 Å². The fourth-order valence-corrected chi connectivity index (χ4v) is 3.09. The molecule has 0 radical (unpaired) electrons. The Balaban J connectivity index is 1.80. The zero-order valence-electron chi connectivity index (χ0n) is 15.2. The molecule has 1 aromatic heterocycles. The number of hydrogen-bond donors (Lipinski definition) is 0. The number of pyridine rings is 1. The van der Waals surface area contributed by atoms with Crippen molar-refractivity contribution in [3.8, 4) is 0 Å². The molecule has 26 heavy (non-hydrogen) atoms. The van der Waals surface area contributed by atoms with Gasteiger partial charge in [0, 0.05) is 25.7 Å². The predicted octanol–water partition coefficient (Wildman–Crippen LogP) is 3.49. The molecule has 2 fully saturated rings. The van der Waals surface area contributed by atoms with Crippen LogP contribution in [-0.4, -0.2) is 53.8 Å². The molecule has 0 aliphatic carbocycles. The highest BCUT2D eigenvalue weighted by Crippen LogP contribution is 2.41. The maximum absolute atomic E-state index is 14.6. The van der Waals surface area contributed by atoms with E-state index < -0.39 is 36.2 Å². The summed E-state index contributed by atoms with van der Waals surface area (Å²) >= 11 is 0. The van der Waals surface area contributed by atoms with Crippen molar-refractivity contribution >= 4 is 6.09 Å². The number of piperidine rings is 1. The second kappa shape index (κ2) is 7.08. The second-order valence-corrected chi connectivity index (χ2v) is 7.58. The zero-order chi connectivity index (χ0) is 18.9. The molecule has 1 unspecified atom stereocenters. The van der Waals surface area contributed by atoms with Gasteiger partial charge in [0.05, 0.1) is 24.8 Å². The lowest BCUT2D eigenvalue weighted by Crippen LogP contribution is -2.49. The number of halogens is 2. The van der Waals surface area contributed by atoms with Gasteiger partial charge in [-0.25, -0.2) is 13.6 Å². The lowest BCUT2D eigenvalue weighted by molar-refractivity contribution is -0.0775. The molecule has 1 amide bonds. The van der Waals surface area contributed by atoms with Crippen molar-refractivity contribution in [2.75, 3.05) is 26.3 Å². The van der Waals surface area contributed by atoms with E-state index in [9.17, 15) is 13.6 Å². The van der Waals surface area contributed by atoms with Crippen molar-refractivity contribution in [2.45, 2.75) is 50.9 Å². The number of amides is 1. The third-order valence-electron chi connectivity index (χ3n) is 4.35. The molecule has 6 nitrogen and oxygen atoms in total. The highest BCUT2D eigenvalue weighted by molar-refractivity contribution is 5.68. The molecule has 0 aromatic carbocycles. The summed E-state index contributed by atoms with van der Waals surface area (Å²) in [5.41, 5.74) is 0.200. The Morgan fingerprint density at radius 3 is 2.69 bits per heavy atom. The van der Waals surface area contributed by atoms with E-state index >= 15 is 0 Å². The number of hydrogen-bond acceptors (Lipinski definition) is 5. The predicted molar refractivity (Wildman–Crippen MR) is 89.0 cm³/mol. The van der Waals surface area contributed by atoms with Crippen LogP contribution < -0.4 is 0 Å². The first-order valence-electron chi connectivity index (χ1n) is 8.70. The first-order valence-corrected chi connectivity index (χ1v) is 8.70. The van der Waals surface area contributed by atoms with Crippen molar-refractivity contribution < 1.29 is 27.8 Å². The van der Waals surface area contributed by atoms with Crippen LogP contribution in [0.3, 0.4) is 0 Å². The molecule has 3 heterocycles. The first kappa shape index (κ1) is 19.0. The molecule has 0 N–H and O–H groups in total. The number of carbonyl (C=O) groups excluding carboxylic acids is 1. The Labute approximate surface area is 151 Å². The van der Waals surface area contributed by atoms with E-state index in [4.69, 9.17) is 14.2 Å². The maximum atomic E-state index is 14.6. The van der Waals surface area contributed by atoms with Crippen LogP contribution in [0, 0.1) is 0 Å². The molecule has 8 heteroatoms. The van der Waals surface area contributed by atoms with Gasteiger partial charge in [0.2, 0.25) is 6.29 Å². The van der Waals surface area contributed by atoms with Crippen LogP contribution in [0.15, 0.2) is 18.3 Å². The van der Waals surface area contributed by atoms with E-state index in [1.165, 1.54) is 11.1 Å². The third-order valence-corrected chi connectivity index (χ3v) is 4.35. The third kappa shape index (κ3) is 4.29. The van der Waals surface area contributed by atoms with Gasteiger partial charge in [-0.15, -0.1) is 0 Å². The Hall–Kier alpha value is -1.80. The fourth-order valence-electron chi connectivity index (χ4n) is 3.09. The summed E-state index contributed by atoms with van der Waals surface area (Å²) in [6, 6.07) is 3.13. The van der Waals surface area contributed by atoms with Gasteiger partial charge >= 0.3 is 6.09 Å². The summed E-state index contributed by atoms with van der Waals surface area (Å²) in [4.78, 5) is 17.8. The van der Waals surface area contributed by atoms with Crippen molar-refractivity contribution in [2.24, 2.45) is 0 Å². The quantitative estimate of drug-likeness (QED) is 0.798.